The van der Waals surface area contributed by atoms with E-state index in [4.69, 9.17) is 11.6 Å². The molecule has 1 aliphatic heterocycles. The third-order valence-corrected chi connectivity index (χ3v) is 2.23. The van der Waals surface area contributed by atoms with E-state index in [1.54, 1.807) is 0 Å². The van der Waals surface area contributed by atoms with Crippen LogP contribution in [0.4, 0.5) is 5.82 Å². The number of halogens is 1. The van der Waals surface area contributed by atoms with Crippen molar-refractivity contribution in [3.63, 3.8) is 0 Å². The monoisotopic (exact) mass is 211 g/mol. The molecule has 0 N–H and O–H groups in total. The Kier molecular flexibility index (Phi) is 2.17. The molecule has 1 atom stereocenters. The Labute approximate surface area is 84.8 Å². The number of carbonyl (C=O) groups excluding carboxylic acids is 1. The van der Waals surface area contributed by atoms with Gasteiger partial charge < -0.3 is 4.74 Å². The smallest absolute Gasteiger partial charge is 0.318 e. The molecule has 72 valence electrons. The summed E-state index contributed by atoms with van der Waals surface area (Å²) >= 11 is 5.83. The molecule has 0 amide bonds. The van der Waals surface area contributed by atoms with Crippen LogP contribution in [0.2, 0.25) is 5.15 Å². The van der Waals surface area contributed by atoms with Crippen LogP contribution in [-0.2, 0) is 9.53 Å². The zero-order valence-electron chi connectivity index (χ0n) is 7.27. The molecule has 2 heterocycles. The second-order valence-corrected chi connectivity index (χ2v) is 3.04. The lowest BCUT2D eigenvalue weighted by atomic mass is 10.1. The van der Waals surface area contributed by atoms with Crippen molar-refractivity contribution in [2.45, 2.75) is 5.92 Å². The lowest BCUT2D eigenvalue weighted by Gasteiger charge is -2.06. The van der Waals surface area contributed by atoms with Gasteiger partial charge in [0.15, 0.2) is 5.82 Å². The van der Waals surface area contributed by atoms with Crippen LogP contribution >= 0.6 is 11.6 Å². The Bertz CT molecular complexity index is 419. The lowest BCUT2D eigenvalue weighted by Crippen LogP contribution is -2.13. The Morgan fingerprint density at radius 2 is 2.36 bits per heavy atom. The molecule has 1 aliphatic rings. The number of methoxy groups -OCH3 is 1. The Morgan fingerprint density at radius 3 is 3.07 bits per heavy atom. The maximum absolute atomic E-state index is 11.3. The topological polar surface area (TPSA) is 64.4 Å². The summed E-state index contributed by atoms with van der Waals surface area (Å²) in [6, 6.07) is 0. The third-order valence-electron chi connectivity index (χ3n) is 1.93. The minimum absolute atomic E-state index is 0.239. The molecule has 0 aromatic carbocycles. The number of hydrogen-bond acceptors (Lipinski definition) is 5. The van der Waals surface area contributed by atoms with Crippen molar-refractivity contribution in [2.24, 2.45) is 4.99 Å². The molecule has 6 heteroatoms. The minimum atomic E-state index is -0.580. The van der Waals surface area contributed by atoms with Gasteiger partial charge in [0.1, 0.15) is 17.4 Å². The van der Waals surface area contributed by atoms with Gasteiger partial charge in [0.25, 0.3) is 0 Å². The van der Waals surface area contributed by atoms with E-state index in [0.717, 1.165) is 0 Å². The van der Waals surface area contributed by atoms with Gasteiger partial charge in [0.2, 0.25) is 0 Å². The molecule has 0 aliphatic carbocycles. The standard InChI is InChI=1S/C8H6ClN3O2/c1-14-8(13)4-2-10-7-5(4)6(9)11-3-12-7/h2-4H,1H3. The average Bonchev–Trinajstić information content (AvgIpc) is 2.62. The summed E-state index contributed by atoms with van der Waals surface area (Å²) < 4.78 is 4.60. The fraction of sp³-hybridized carbons (Fsp3) is 0.250. The number of carbonyl (C=O) groups is 1. The first-order valence-corrected chi connectivity index (χ1v) is 4.24. The molecule has 5 nitrogen and oxygen atoms in total. The highest BCUT2D eigenvalue weighted by Crippen LogP contribution is 2.34. The van der Waals surface area contributed by atoms with Crippen LogP contribution in [-0.4, -0.2) is 29.3 Å². The molecule has 1 aromatic heterocycles. The summed E-state index contributed by atoms with van der Waals surface area (Å²) in [6.07, 6.45) is 2.76. The van der Waals surface area contributed by atoms with E-state index in [0.29, 0.717) is 11.4 Å². The molecule has 0 saturated carbocycles. The van der Waals surface area contributed by atoms with Gasteiger partial charge in [-0.15, -0.1) is 0 Å². The van der Waals surface area contributed by atoms with Gasteiger partial charge in [0, 0.05) is 6.21 Å². The lowest BCUT2D eigenvalue weighted by molar-refractivity contribution is -0.140. The third kappa shape index (κ3) is 1.26. The Balaban J connectivity index is 2.47. The van der Waals surface area contributed by atoms with Crippen molar-refractivity contribution in [3.8, 4) is 0 Å². The second-order valence-electron chi connectivity index (χ2n) is 2.68. The molecule has 14 heavy (non-hydrogen) atoms. The van der Waals surface area contributed by atoms with Crippen molar-refractivity contribution in [1.82, 2.24) is 9.97 Å². The molecule has 0 radical (unpaired) electrons. The van der Waals surface area contributed by atoms with Crippen LogP contribution < -0.4 is 0 Å². The number of fused-ring (bicyclic) bond motifs is 1. The summed E-state index contributed by atoms with van der Waals surface area (Å²) in [6.45, 7) is 0. The first kappa shape index (κ1) is 9.08. The second kappa shape index (κ2) is 3.34. The van der Waals surface area contributed by atoms with Crippen molar-refractivity contribution in [3.05, 3.63) is 17.0 Å². The molecular weight excluding hydrogens is 206 g/mol. The van der Waals surface area contributed by atoms with Crippen LogP contribution in [0.25, 0.3) is 0 Å². The van der Waals surface area contributed by atoms with Gasteiger partial charge in [-0.3, -0.25) is 4.79 Å². The van der Waals surface area contributed by atoms with Gasteiger partial charge in [-0.25, -0.2) is 15.0 Å². The van der Waals surface area contributed by atoms with Crippen LogP contribution in [0.15, 0.2) is 11.3 Å². The average molecular weight is 212 g/mol. The Hall–Kier alpha value is -1.49. The van der Waals surface area contributed by atoms with Crippen LogP contribution in [0.3, 0.4) is 0 Å². The van der Waals surface area contributed by atoms with Crippen molar-refractivity contribution < 1.29 is 9.53 Å². The normalized spacial score (nSPS) is 18.0. The van der Waals surface area contributed by atoms with Gasteiger partial charge >= 0.3 is 5.97 Å². The quantitative estimate of drug-likeness (QED) is 0.516. The summed E-state index contributed by atoms with van der Waals surface area (Å²) in [4.78, 5) is 22.9. The summed E-state index contributed by atoms with van der Waals surface area (Å²) in [5.41, 5.74) is 0.515. The molecule has 0 fully saturated rings. The molecule has 1 unspecified atom stereocenters. The number of rotatable bonds is 1. The molecule has 0 bridgehead atoms. The maximum atomic E-state index is 11.3. The SMILES string of the molecule is COC(=O)C1C=Nc2ncnc(Cl)c21. The van der Waals surface area contributed by atoms with Crippen LogP contribution in [0.1, 0.15) is 11.5 Å². The summed E-state index contributed by atoms with van der Waals surface area (Å²) in [5.74, 6) is -0.562. The first-order valence-electron chi connectivity index (χ1n) is 3.86. The largest absolute Gasteiger partial charge is 0.468 e. The molecule has 0 spiro atoms. The molecule has 2 rings (SSSR count). The highest BCUT2D eigenvalue weighted by molar-refractivity contribution is 6.31. The van der Waals surface area contributed by atoms with Crippen LogP contribution in [0.5, 0.6) is 0 Å². The van der Waals surface area contributed by atoms with E-state index < -0.39 is 11.9 Å². The van der Waals surface area contributed by atoms with E-state index in [-0.39, 0.29) is 5.15 Å². The first-order chi connectivity index (χ1) is 6.74. The number of esters is 1. The molecule has 1 aromatic rings. The number of nitrogens with zero attached hydrogens (tertiary/aromatic N) is 3. The predicted octanol–water partition coefficient (Wildman–Crippen LogP) is 1.10. The fourth-order valence-corrected chi connectivity index (χ4v) is 1.51. The zero-order chi connectivity index (χ0) is 10.1. The fourth-order valence-electron chi connectivity index (χ4n) is 1.26. The van der Waals surface area contributed by atoms with E-state index in [1.807, 2.05) is 0 Å². The number of ether oxygens (including phenoxy) is 1. The van der Waals surface area contributed by atoms with E-state index >= 15 is 0 Å². The van der Waals surface area contributed by atoms with E-state index in [1.165, 1.54) is 19.7 Å². The predicted molar refractivity (Wildman–Crippen MR) is 50.0 cm³/mol. The van der Waals surface area contributed by atoms with E-state index in [9.17, 15) is 4.79 Å². The minimum Gasteiger partial charge on any atom is -0.468 e. The highest BCUT2D eigenvalue weighted by Gasteiger charge is 2.30. The Morgan fingerprint density at radius 1 is 1.57 bits per heavy atom. The maximum Gasteiger partial charge on any atom is 0.318 e. The summed E-state index contributed by atoms with van der Waals surface area (Å²) in [7, 11) is 1.31. The zero-order valence-corrected chi connectivity index (χ0v) is 8.02. The van der Waals surface area contributed by atoms with Gasteiger partial charge in [-0.1, -0.05) is 11.6 Å². The van der Waals surface area contributed by atoms with Crippen LogP contribution in [0, 0.1) is 0 Å². The van der Waals surface area contributed by atoms with E-state index in [2.05, 4.69) is 19.7 Å². The van der Waals surface area contributed by atoms with Crippen molar-refractivity contribution in [2.75, 3.05) is 7.11 Å². The highest BCUT2D eigenvalue weighted by atomic mass is 35.5. The molecule has 0 saturated heterocycles. The number of aliphatic imine (C=N–C) groups is 1. The molecular formula is C8H6ClN3O2. The van der Waals surface area contributed by atoms with Crippen molar-refractivity contribution in [1.29, 1.82) is 0 Å². The van der Waals surface area contributed by atoms with Gasteiger partial charge in [0.05, 0.1) is 12.7 Å². The number of aromatic nitrogens is 2. The van der Waals surface area contributed by atoms with Gasteiger partial charge in [-0.05, 0) is 0 Å². The number of hydrogen-bond donors (Lipinski definition) is 0. The van der Waals surface area contributed by atoms with Crippen molar-refractivity contribution >= 4 is 29.6 Å². The summed E-state index contributed by atoms with van der Waals surface area (Å²) in [5, 5.41) is 0.239. The van der Waals surface area contributed by atoms with Gasteiger partial charge in [-0.2, -0.15) is 0 Å².